The second-order valence-electron chi connectivity index (χ2n) is 8.14. The minimum Gasteiger partial charge on any atom is -0.458 e. The van der Waals surface area contributed by atoms with Crippen molar-refractivity contribution >= 4 is 23.9 Å². The lowest BCUT2D eigenvalue weighted by Crippen LogP contribution is -2.49. The summed E-state index contributed by atoms with van der Waals surface area (Å²) in [6, 6.07) is 6.99. The van der Waals surface area contributed by atoms with E-state index in [1.807, 2.05) is 0 Å². The fourth-order valence-corrected chi connectivity index (χ4v) is 3.11. The average Bonchev–Trinajstić information content (AvgIpc) is 3.17. The first-order chi connectivity index (χ1) is 15.6. The van der Waals surface area contributed by atoms with Gasteiger partial charge in [0, 0.05) is 29.5 Å². The van der Waals surface area contributed by atoms with Crippen LogP contribution in [0.4, 0.5) is 4.79 Å². The van der Waals surface area contributed by atoms with Crippen LogP contribution in [0.25, 0.3) is 10.4 Å². The van der Waals surface area contributed by atoms with Crippen LogP contribution in [0.1, 0.15) is 37.6 Å². The van der Waals surface area contributed by atoms with Crippen LogP contribution in [0.5, 0.6) is 0 Å². The zero-order valence-corrected chi connectivity index (χ0v) is 18.6. The average molecular weight is 461 g/mol. The van der Waals surface area contributed by atoms with Crippen LogP contribution < -0.4 is 16.2 Å². The van der Waals surface area contributed by atoms with Gasteiger partial charge >= 0.3 is 12.1 Å². The zero-order chi connectivity index (χ0) is 24.4. The second-order valence-corrected chi connectivity index (χ2v) is 8.14. The molecule has 2 rings (SSSR count). The van der Waals surface area contributed by atoms with Crippen molar-refractivity contribution in [3.05, 3.63) is 46.3 Å². The first-order valence-electron chi connectivity index (χ1n) is 10.2. The Morgan fingerprint density at radius 1 is 1.21 bits per heavy atom. The third-order valence-corrected chi connectivity index (χ3v) is 4.42. The number of nitrogens with one attached hydrogen (secondary N) is 3. The van der Waals surface area contributed by atoms with E-state index in [4.69, 9.17) is 15.0 Å². The highest BCUT2D eigenvalue weighted by atomic mass is 16.6. The van der Waals surface area contributed by atoms with Gasteiger partial charge in [-0.3, -0.25) is 15.0 Å². The third kappa shape index (κ3) is 8.31. The number of amides is 3. The Hall–Kier alpha value is -3.83. The molecule has 2 atom stereocenters. The number of rotatable bonds is 8. The van der Waals surface area contributed by atoms with Gasteiger partial charge in [0.25, 0.3) is 5.91 Å². The van der Waals surface area contributed by atoms with Crippen LogP contribution in [-0.4, -0.2) is 66.3 Å². The Kier molecular flexibility index (Phi) is 9.01. The summed E-state index contributed by atoms with van der Waals surface area (Å²) in [4.78, 5) is 53.1. The predicted molar refractivity (Wildman–Crippen MR) is 115 cm³/mol. The van der Waals surface area contributed by atoms with E-state index in [1.54, 1.807) is 51.1 Å². The lowest BCUT2D eigenvalue weighted by molar-refractivity contribution is -0.153. The fraction of sp³-hybridized carbons (Fsp3) is 0.500. The summed E-state index contributed by atoms with van der Waals surface area (Å²) in [5.74, 6) is -1.64. The maximum atomic E-state index is 12.7. The van der Waals surface area contributed by atoms with E-state index in [9.17, 15) is 19.2 Å². The molecule has 1 fully saturated rings. The van der Waals surface area contributed by atoms with Gasteiger partial charge in [-0.25, -0.2) is 15.0 Å². The van der Waals surface area contributed by atoms with E-state index in [0.29, 0.717) is 5.56 Å². The highest BCUT2D eigenvalue weighted by molar-refractivity contribution is 5.94. The first kappa shape index (κ1) is 25.4. The Bertz CT molecular complexity index is 911. The molecule has 3 amide bonds. The summed E-state index contributed by atoms with van der Waals surface area (Å²) in [5.41, 5.74) is 12.8. The number of azide groups is 1. The van der Waals surface area contributed by atoms with E-state index in [1.165, 1.54) is 4.90 Å². The van der Waals surface area contributed by atoms with Gasteiger partial charge in [-0.1, -0.05) is 23.3 Å². The summed E-state index contributed by atoms with van der Waals surface area (Å²) in [6.07, 6.45) is -0.658. The van der Waals surface area contributed by atoms with Crippen molar-refractivity contribution in [1.29, 1.82) is 0 Å². The van der Waals surface area contributed by atoms with E-state index in [2.05, 4.69) is 26.2 Å². The molecule has 0 bridgehead atoms. The maximum Gasteiger partial charge on any atom is 0.422 e. The number of ether oxygens (including phenoxy) is 2. The number of carbonyl (C=O) groups is 4. The molecule has 1 saturated heterocycles. The Balaban J connectivity index is 2.00. The summed E-state index contributed by atoms with van der Waals surface area (Å²) in [6.45, 7) is 4.27. The van der Waals surface area contributed by atoms with E-state index >= 15 is 0 Å². The van der Waals surface area contributed by atoms with Crippen LogP contribution in [0.3, 0.4) is 0 Å². The van der Waals surface area contributed by atoms with Crippen molar-refractivity contribution in [2.24, 2.45) is 5.11 Å². The van der Waals surface area contributed by atoms with Crippen LogP contribution in [0.15, 0.2) is 35.4 Å². The number of carbonyl (C=O) groups excluding carboxylic acids is 4. The normalized spacial score (nSPS) is 17.5. The molecule has 1 heterocycles. The van der Waals surface area contributed by atoms with Crippen molar-refractivity contribution in [3.8, 4) is 0 Å². The van der Waals surface area contributed by atoms with Gasteiger partial charge in [-0.05, 0) is 38.4 Å². The van der Waals surface area contributed by atoms with Gasteiger partial charge in [-0.2, -0.15) is 0 Å². The lowest BCUT2D eigenvalue weighted by atomic mass is 10.1. The predicted octanol–water partition coefficient (Wildman–Crippen LogP) is 1.23. The van der Waals surface area contributed by atoms with Gasteiger partial charge in [0.05, 0.1) is 6.54 Å². The highest BCUT2D eigenvalue weighted by Gasteiger charge is 2.41. The van der Waals surface area contributed by atoms with Crippen LogP contribution in [-0.2, 0) is 19.1 Å². The van der Waals surface area contributed by atoms with E-state index < -0.39 is 42.4 Å². The van der Waals surface area contributed by atoms with Crippen molar-refractivity contribution in [3.63, 3.8) is 0 Å². The molecule has 0 aromatic heterocycles. The standard InChI is InChI=1S/C20H27N7O6/c1-20(2,3)33-19(31)25-22-10-16(28)27-11-14(9-15(27)18(30)32-12-23-26-21)24-17(29)13-7-5-4-6-8-13/h4-8,14-15,22H,9-12H2,1-3H3,(H,24,29)(H,25,31)/t14-,15-/m0/s1. The molecule has 0 unspecified atom stereocenters. The summed E-state index contributed by atoms with van der Waals surface area (Å²) >= 11 is 0. The first-order valence-corrected chi connectivity index (χ1v) is 10.2. The maximum absolute atomic E-state index is 12.7. The van der Waals surface area contributed by atoms with E-state index in [0.717, 1.165) is 0 Å². The van der Waals surface area contributed by atoms with Crippen molar-refractivity contribution in [2.45, 2.75) is 44.9 Å². The van der Waals surface area contributed by atoms with Crippen molar-refractivity contribution < 1.29 is 28.7 Å². The lowest BCUT2D eigenvalue weighted by Gasteiger charge is -2.23. The molecule has 178 valence electrons. The molecule has 1 aromatic rings. The van der Waals surface area contributed by atoms with Gasteiger partial charge < -0.3 is 19.7 Å². The largest absolute Gasteiger partial charge is 0.458 e. The quantitative estimate of drug-likeness (QED) is 0.171. The smallest absolute Gasteiger partial charge is 0.422 e. The highest BCUT2D eigenvalue weighted by Crippen LogP contribution is 2.20. The number of hydrazine groups is 1. The van der Waals surface area contributed by atoms with Gasteiger partial charge in [0.1, 0.15) is 11.6 Å². The zero-order valence-electron chi connectivity index (χ0n) is 18.6. The summed E-state index contributed by atoms with van der Waals surface area (Å²) in [7, 11) is 0. The molecule has 1 aliphatic rings. The molecule has 3 N–H and O–H groups in total. The Morgan fingerprint density at radius 2 is 1.91 bits per heavy atom. The van der Waals surface area contributed by atoms with Crippen LogP contribution in [0.2, 0.25) is 0 Å². The minimum atomic E-state index is -1.00. The minimum absolute atomic E-state index is 0.0484. The second kappa shape index (κ2) is 11.7. The van der Waals surface area contributed by atoms with Crippen LogP contribution in [0, 0.1) is 0 Å². The molecule has 0 radical (unpaired) electrons. The number of nitrogens with zero attached hydrogens (tertiary/aromatic N) is 4. The number of likely N-dealkylation sites (tertiary alicyclic amines) is 1. The molecule has 13 heteroatoms. The SMILES string of the molecule is CC(C)(C)OC(=O)NNCC(=O)N1C[C@@H](NC(=O)c2ccccc2)C[C@H]1C(=O)OCN=[N+]=[N-]. The fourth-order valence-electron chi connectivity index (χ4n) is 3.11. The number of esters is 1. The van der Waals surface area contributed by atoms with Crippen molar-refractivity contribution in [2.75, 3.05) is 19.8 Å². The molecule has 0 spiro atoms. The third-order valence-electron chi connectivity index (χ3n) is 4.42. The molecular weight excluding hydrogens is 434 g/mol. The molecular formula is C20H27N7O6. The summed E-state index contributed by atoms with van der Waals surface area (Å²) in [5, 5.41) is 5.95. The summed E-state index contributed by atoms with van der Waals surface area (Å²) < 4.78 is 9.97. The molecule has 1 aromatic carbocycles. The molecule has 0 aliphatic carbocycles. The monoisotopic (exact) mass is 461 g/mol. The van der Waals surface area contributed by atoms with Gasteiger partial charge in [0.15, 0.2) is 6.73 Å². The number of hydrogen-bond donors (Lipinski definition) is 3. The van der Waals surface area contributed by atoms with Gasteiger partial charge in [0.2, 0.25) is 5.91 Å². The van der Waals surface area contributed by atoms with Crippen LogP contribution >= 0.6 is 0 Å². The Morgan fingerprint density at radius 3 is 2.55 bits per heavy atom. The molecule has 0 saturated carbocycles. The Labute approximate surface area is 190 Å². The number of benzene rings is 1. The molecule has 13 nitrogen and oxygen atoms in total. The topological polar surface area (TPSA) is 175 Å². The van der Waals surface area contributed by atoms with Crippen molar-refractivity contribution in [1.82, 2.24) is 21.1 Å². The van der Waals surface area contributed by atoms with Gasteiger partial charge in [-0.15, -0.1) is 0 Å². The van der Waals surface area contributed by atoms with E-state index in [-0.39, 0.29) is 25.4 Å². The molecule has 1 aliphatic heterocycles. The molecule has 33 heavy (non-hydrogen) atoms. The number of hydrogen-bond acceptors (Lipinski definition) is 8.